The topological polar surface area (TPSA) is 41.5 Å². The molecular formula is C18H37NO2. The maximum atomic E-state index is 10.0. The zero-order valence-corrected chi connectivity index (χ0v) is 14.6. The summed E-state index contributed by atoms with van der Waals surface area (Å²) < 4.78 is 5.72. The highest BCUT2D eigenvalue weighted by molar-refractivity contribution is 4.76. The number of aliphatic hydroxyl groups excluding tert-OH is 1. The van der Waals surface area contributed by atoms with Crippen molar-refractivity contribution in [2.24, 2.45) is 11.8 Å². The Balaban J connectivity index is 2.14. The molecule has 0 aliphatic heterocycles. The molecule has 1 rings (SSSR count). The van der Waals surface area contributed by atoms with Gasteiger partial charge in [0.25, 0.3) is 0 Å². The average Bonchev–Trinajstić information content (AvgIpc) is 2.70. The van der Waals surface area contributed by atoms with Gasteiger partial charge in [0.2, 0.25) is 0 Å². The molecule has 1 fully saturated rings. The van der Waals surface area contributed by atoms with Crippen LogP contribution in [0.2, 0.25) is 0 Å². The fourth-order valence-corrected chi connectivity index (χ4v) is 3.37. The van der Waals surface area contributed by atoms with Crippen LogP contribution in [0.4, 0.5) is 0 Å². The van der Waals surface area contributed by atoms with Gasteiger partial charge in [0, 0.05) is 12.6 Å². The van der Waals surface area contributed by atoms with E-state index in [1.807, 2.05) is 0 Å². The van der Waals surface area contributed by atoms with Crippen molar-refractivity contribution >= 4 is 0 Å². The first kappa shape index (κ1) is 18.9. The van der Waals surface area contributed by atoms with Crippen LogP contribution >= 0.6 is 0 Å². The third-order valence-electron chi connectivity index (χ3n) is 4.66. The van der Waals surface area contributed by atoms with Crippen molar-refractivity contribution in [2.45, 2.75) is 90.9 Å². The monoisotopic (exact) mass is 299 g/mol. The Bertz CT molecular complexity index is 250. The van der Waals surface area contributed by atoms with E-state index in [0.29, 0.717) is 25.1 Å². The molecule has 0 spiro atoms. The summed E-state index contributed by atoms with van der Waals surface area (Å²) in [5, 5.41) is 13.6. The van der Waals surface area contributed by atoms with E-state index in [4.69, 9.17) is 4.74 Å². The van der Waals surface area contributed by atoms with Gasteiger partial charge in [-0.05, 0) is 44.9 Å². The minimum absolute atomic E-state index is 0.235. The second-order valence-corrected chi connectivity index (χ2v) is 7.38. The lowest BCUT2D eigenvalue weighted by Gasteiger charge is -2.25. The van der Waals surface area contributed by atoms with Crippen molar-refractivity contribution in [1.82, 2.24) is 5.32 Å². The van der Waals surface area contributed by atoms with Crippen LogP contribution in [0.1, 0.15) is 72.6 Å². The number of ether oxygens (including phenoxy) is 1. The first-order chi connectivity index (χ1) is 9.99. The van der Waals surface area contributed by atoms with Gasteiger partial charge in [0.05, 0.1) is 18.8 Å². The van der Waals surface area contributed by atoms with Crippen LogP contribution < -0.4 is 5.32 Å². The predicted molar refractivity (Wildman–Crippen MR) is 89.5 cm³/mol. The Morgan fingerprint density at radius 2 is 1.67 bits per heavy atom. The molecule has 0 heterocycles. The summed E-state index contributed by atoms with van der Waals surface area (Å²) in [5.41, 5.74) is 0. The van der Waals surface area contributed by atoms with E-state index in [2.05, 4.69) is 33.0 Å². The molecule has 0 aromatic heterocycles. The standard InChI is InChI=1S/C18H37NO2/c1-14(2)11-15(3)21-13-18(20)12-19-16(4)17-9-7-5-6-8-10-17/h14-20H,5-13H2,1-4H3/t15?,16-,18?/m0/s1. The Kier molecular flexibility index (Phi) is 9.54. The lowest BCUT2D eigenvalue weighted by atomic mass is 9.93. The second kappa shape index (κ2) is 10.6. The average molecular weight is 299 g/mol. The molecule has 3 atom stereocenters. The highest BCUT2D eigenvalue weighted by Gasteiger charge is 2.19. The van der Waals surface area contributed by atoms with Gasteiger partial charge in [-0.25, -0.2) is 0 Å². The first-order valence-electron chi connectivity index (χ1n) is 9.02. The number of rotatable bonds is 9. The van der Waals surface area contributed by atoms with Gasteiger partial charge in [0.1, 0.15) is 0 Å². The number of hydrogen-bond acceptors (Lipinski definition) is 3. The van der Waals surface area contributed by atoms with E-state index in [0.717, 1.165) is 12.3 Å². The zero-order chi connectivity index (χ0) is 15.7. The van der Waals surface area contributed by atoms with Crippen LogP contribution in [0.25, 0.3) is 0 Å². The van der Waals surface area contributed by atoms with Gasteiger partial charge in [-0.3, -0.25) is 0 Å². The molecule has 0 radical (unpaired) electrons. The Labute approximate surface area is 131 Å². The van der Waals surface area contributed by atoms with Crippen LogP contribution in [0, 0.1) is 11.8 Å². The molecule has 21 heavy (non-hydrogen) atoms. The van der Waals surface area contributed by atoms with Crippen LogP contribution in [0.5, 0.6) is 0 Å². The quantitative estimate of drug-likeness (QED) is 0.637. The molecule has 0 saturated heterocycles. The van der Waals surface area contributed by atoms with E-state index >= 15 is 0 Å². The van der Waals surface area contributed by atoms with Crippen molar-refractivity contribution in [3.8, 4) is 0 Å². The minimum atomic E-state index is -0.396. The molecule has 3 heteroatoms. The van der Waals surface area contributed by atoms with Gasteiger partial charge in [0.15, 0.2) is 0 Å². The third kappa shape index (κ3) is 8.80. The van der Waals surface area contributed by atoms with Crippen LogP contribution in [-0.2, 0) is 4.74 Å². The molecule has 126 valence electrons. The molecule has 3 nitrogen and oxygen atoms in total. The van der Waals surface area contributed by atoms with Crippen molar-refractivity contribution in [3.63, 3.8) is 0 Å². The summed E-state index contributed by atoms with van der Waals surface area (Å²) in [6.45, 7) is 9.85. The summed E-state index contributed by atoms with van der Waals surface area (Å²) in [5.74, 6) is 1.42. The van der Waals surface area contributed by atoms with Gasteiger partial charge in [-0.1, -0.05) is 39.5 Å². The van der Waals surface area contributed by atoms with Gasteiger partial charge >= 0.3 is 0 Å². The Morgan fingerprint density at radius 3 is 2.24 bits per heavy atom. The van der Waals surface area contributed by atoms with Gasteiger partial charge in [-0.15, -0.1) is 0 Å². The summed E-state index contributed by atoms with van der Waals surface area (Å²) in [6, 6.07) is 0.505. The number of aliphatic hydroxyl groups is 1. The van der Waals surface area contributed by atoms with E-state index in [1.54, 1.807) is 0 Å². The molecule has 0 aromatic rings. The van der Waals surface area contributed by atoms with E-state index in [9.17, 15) is 5.11 Å². The van der Waals surface area contributed by atoms with Crippen LogP contribution in [-0.4, -0.2) is 36.5 Å². The fourth-order valence-electron chi connectivity index (χ4n) is 3.37. The lowest BCUT2D eigenvalue weighted by molar-refractivity contribution is -0.00971. The van der Waals surface area contributed by atoms with Gasteiger partial charge in [-0.2, -0.15) is 0 Å². The molecule has 2 N–H and O–H groups in total. The third-order valence-corrected chi connectivity index (χ3v) is 4.66. The van der Waals surface area contributed by atoms with Crippen LogP contribution in [0.3, 0.4) is 0 Å². The first-order valence-corrected chi connectivity index (χ1v) is 9.02. The maximum absolute atomic E-state index is 10.0. The molecule has 1 aliphatic carbocycles. The van der Waals surface area contributed by atoms with Crippen molar-refractivity contribution in [2.75, 3.05) is 13.2 Å². The molecular weight excluding hydrogens is 262 g/mol. The molecule has 2 unspecified atom stereocenters. The van der Waals surface area contributed by atoms with Crippen LogP contribution in [0.15, 0.2) is 0 Å². The second-order valence-electron chi connectivity index (χ2n) is 7.38. The summed E-state index contributed by atoms with van der Waals surface area (Å²) in [7, 11) is 0. The Hall–Kier alpha value is -0.120. The number of hydrogen-bond donors (Lipinski definition) is 2. The predicted octanol–water partition coefficient (Wildman–Crippen LogP) is 3.75. The fraction of sp³-hybridized carbons (Fsp3) is 1.00. The van der Waals surface area contributed by atoms with Crippen molar-refractivity contribution in [1.29, 1.82) is 0 Å². The van der Waals surface area contributed by atoms with Crippen molar-refractivity contribution < 1.29 is 9.84 Å². The smallest absolute Gasteiger partial charge is 0.0897 e. The molecule has 0 bridgehead atoms. The van der Waals surface area contributed by atoms with E-state index in [1.165, 1.54) is 38.5 Å². The highest BCUT2D eigenvalue weighted by Crippen LogP contribution is 2.25. The maximum Gasteiger partial charge on any atom is 0.0897 e. The van der Waals surface area contributed by atoms with Crippen molar-refractivity contribution in [3.05, 3.63) is 0 Å². The van der Waals surface area contributed by atoms with E-state index in [-0.39, 0.29) is 6.10 Å². The Morgan fingerprint density at radius 1 is 1.05 bits per heavy atom. The largest absolute Gasteiger partial charge is 0.389 e. The lowest BCUT2D eigenvalue weighted by Crippen LogP contribution is -2.40. The minimum Gasteiger partial charge on any atom is -0.389 e. The molecule has 1 aliphatic rings. The van der Waals surface area contributed by atoms with Gasteiger partial charge < -0.3 is 15.2 Å². The highest BCUT2D eigenvalue weighted by atomic mass is 16.5. The zero-order valence-electron chi connectivity index (χ0n) is 14.6. The molecule has 0 aromatic carbocycles. The molecule has 0 amide bonds. The normalized spacial score (nSPS) is 22.0. The summed E-state index contributed by atoms with van der Waals surface area (Å²) in [4.78, 5) is 0. The van der Waals surface area contributed by atoms with E-state index < -0.39 is 6.10 Å². The molecule has 1 saturated carbocycles. The number of nitrogens with one attached hydrogen (secondary N) is 1. The summed E-state index contributed by atoms with van der Waals surface area (Å²) in [6.07, 6.45) is 9.11. The SMILES string of the molecule is CC(C)CC(C)OCC(O)CN[C@@H](C)C1CCCCCC1. The summed E-state index contributed by atoms with van der Waals surface area (Å²) >= 11 is 0.